The first-order valence-corrected chi connectivity index (χ1v) is 8.38. The molecule has 5 nitrogen and oxygen atoms in total. The molecule has 0 saturated heterocycles. The fraction of sp³-hybridized carbons (Fsp3) is 0.706. The Morgan fingerprint density at radius 2 is 2.08 bits per heavy atom. The smallest absolute Gasteiger partial charge is 0.427 e. The normalized spacial score (nSPS) is 22.2. The predicted octanol–water partition coefficient (Wildman–Crippen LogP) is 2.72. The van der Waals surface area contributed by atoms with Gasteiger partial charge in [0.05, 0.1) is 17.7 Å². The van der Waals surface area contributed by atoms with Crippen molar-refractivity contribution in [3.8, 4) is 0 Å². The number of carbonyl (C=O) groups is 1. The van der Waals surface area contributed by atoms with Crippen LogP contribution in [0.3, 0.4) is 0 Å². The summed E-state index contributed by atoms with van der Waals surface area (Å²) in [6, 6.07) is -1.00. The Morgan fingerprint density at radius 1 is 1.44 bits per heavy atom. The average Bonchev–Trinajstić information content (AvgIpc) is 2.91. The van der Waals surface area contributed by atoms with Crippen LogP contribution in [0.4, 0.5) is 13.2 Å². The second-order valence-electron chi connectivity index (χ2n) is 6.17. The molecule has 1 heterocycles. The molecule has 3 atom stereocenters. The first-order chi connectivity index (χ1) is 11.6. The molecule has 1 aliphatic heterocycles. The summed E-state index contributed by atoms with van der Waals surface area (Å²) in [5.74, 6) is -0.504. The maximum atomic E-state index is 13.0. The Kier molecular flexibility index (Phi) is 7.95. The highest BCUT2D eigenvalue weighted by atomic mass is 19.4. The van der Waals surface area contributed by atoms with Gasteiger partial charge < -0.3 is 10.1 Å². The lowest BCUT2D eigenvalue weighted by Gasteiger charge is -2.31. The van der Waals surface area contributed by atoms with Crippen molar-refractivity contribution in [1.29, 1.82) is 0 Å². The van der Waals surface area contributed by atoms with Gasteiger partial charge in [-0.25, -0.2) is 5.01 Å². The molecule has 1 amide bonds. The van der Waals surface area contributed by atoms with E-state index >= 15 is 0 Å². The van der Waals surface area contributed by atoms with Gasteiger partial charge in [-0.05, 0) is 26.3 Å². The van der Waals surface area contributed by atoms with Crippen molar-refractivity contribution in [2.45, 2.75) is 45.5 Å². The van der Waals surface area contributed by atoms with Crippen LogP contribution in [0.2, 0.25) is 0 Å². The number of nitrogens with zero attached hydrogens (tertiary/aromatic N) is 2. The fourth-order valence-corrected chi connectivity index (χ4v) is 2.70. The van der Waals surface area contributed by atoms with Gasteiger partial charge in [0.2, 0.25) is 12.0 Å². The van der Waals surface area contributed by atoms with E-state index in [1.54, 1.807) is 38.2 Å². The van der Waals surface area contributed by atoms with Gasteiger partial charge in [-0.15, -0.1) is 0 Å². The summed E-state index contributed by atoms with van der Waals surface area (Å²) in [6.07, 6.45) is -0.676. The molecule has 1 aliphatic rings. The van der Waals surface area contributed by atoms with E-state index in [0.29, 0.717) is 6.54 Å². The quantitative estimate of drug-likeness (QED) is 0.532. The molecule has 0 aromatic heterocycles. The molecule has 144 valence electrons. The second-order valence-corrected chi connectivity index (χ2v) is 6.17. The highest BCUT2D eigenvalue weighted by molar-refractivity contribution is 5.80. The molecule has 0 spiro atoms. The average molecular weight is 363 g/mol. The first kappa shape index (κ1) is 21.5. The fourth-order valence-electron chi connectivity index (χ4n) is 2.70. The van der Waals surface area contributed by atoms with Crippen LogP contribution in [0.5, 0.6) is 0 Å². The summed E-state index contributed by atoms with van der Waals surface area (Å²) in [7, 11) is 3.47. The van der Waals surface area contributed by atoms with Crippen LogP contribution in [-0.2, 0) is 9.53 Å². The topological polar surface area (TPSA) is 44.8 Å². The summed E-state index contributed by atoms with van der Waals surface area (Å²) in [6.45, 7) is 6.08. The standard InChI is InChI=1S/C17H28F3N3O2/c1-6-8-13(16(24)23(5)22(4)9-7-2)11-21-14-10-12(3)25-15(14)17(18,19)20/h6,8,10,13-15,21H,7,9,11H2,1-5H3/b8-6+. The number of allylic oxidation sites excluding steroid dienone is 2. The monoisotopic (exact) mass is 363 g/mol. The van der Waals surface area contributed by atoms with Gasteiger partial charge in [0.15, 0.2) is 0 Å². The van der Waals surface area contributed by atoms with Gasteiger partial charge in [-0.3, -0.25) is 9.80 Å². The number of nitrogens with one attached hydrogen (secondary N) is 1. The Morgan fingerprint density at radius 3 is 2.60 bits per heavy atom. The molecule has 3 unspecified atom stereocenters. The van der Waals surface area contributed by atoms with Crippen molar-refractivity contribution in [3.05, 3.63) is 24.0 Å². The van der Waals surface area contributed by atoms with Crippen molar-refractivity contribution in [3.63, 3.8) is 0 Å². The minimum atomic E-state index is -4.47. The van der Waals surface area contributed by atoms with Crippen LogP contribution in [-0.4, -0.2) is 61.4 Å². The van der Waals surface area contributed by atoms with E-state index in [-0.39, 0.29) is 18.2 Å². The molecule has 0 aliphatic carbocycles. The summed E-state index contributed by atoms with van der Waals surface area (Å²) in [5.41, 5.74) is 0. The van der Waals surface area contributed by atoms with Crippen molar-refractivity contribution < 1.29 is 22.7 Å². The molecule has 0 saturated carbocycles. The Bertz CT molecular complexity index is 506. The van der Waals surface area contributed by atoms with Crippen LogP contribution < -0.4 is 5.32 Å². The lowest BCUT2D eigenvalue weighted by Crippen LogP contribution is -2.50. The molecule has 1 N–H and O–H groups in total. The van der Waals surface area contributed by atoms with E-state index in [1.165, 1.54) is 18.0 Å². The van der Waals surface area contributed by atoms with Gasteiger partial charge in [0, 0.05) is 27.2 Å². The molecule has 0 fully saturated rings. The molecular formula is C17H28F3N3O2. The van der Waals surface area contributed by atoms with Gasteiger partial charge in [0.25, 0.3) is 0 Å². The van der Waals surface area contributed by atoms with Crippen LogP contribution >= 0.6 is 0 Å². The lowest BCUT2D eigenvalue weighted by atomic mass is 10.1. The van der Waals surface area contributed by atoms with Crippen LogP contribution in [0.1, 0.15) is 27.2 Å². The maximum Gasteiger partial charge on any atom is 0.427 e. The summed E-state index contributed by atoms with van der Waals surface area (Å²) in [4.78, 5) is 12.6. The van der Waals surface area contributed by atoms with Crippen molar-refractivity contribution in [2.24, 2.45) is 5.92 Å². The third kappa shape index (κ3) is 6.04. The molecule has 25 heavy (non-hydrogen) atoms. The molecule has 0 bridgehead atoms. The van der Waals surface area contributed by atoms with Crippen molar-refractivity contribution in [1.82, 2.24) is 15.3 Å². The van der Waals surface area contributed by atoms with E-state index in [1.807, 2.05) is 6.92 Å². The number of hydrazine groups is 1. The molecule has 1 rings (SSSR count). The molecular weight excluding hydrogens is 335 g/mol. The van der Waals surface area contributed by atoms with Crippen molar-refractivity contribution in [2.75, 3.05) is 27.2 Å². The lowest BCUT2D eigenvalue weighted by molar-refractivity contribution is -0.207. The van der Waals surface area contributed by atoms with E-state index < -0.39 is 24.2 Å². The summed E-state index contributed by atoms with van der Waals surface area (Å²) < 4.78 is 44.0. The van der Waals surface area contributed by atoms with Gasteiger partial charge in [0.1, 0.15) is 0 Å². The number of alkyl halides is 3. The van der Waals surface area contributed by atoms with Crippen LogP contribution in [0.25, 0.3) is 0 Å². The molecule has 0 radical (unpaired) electrons. The number of halogens is 3. The van der Waals surface area contributed by atoms with E-state index in [9.17, 15) is 18.0 Å². The Balaban J connectivity index is 2.76. The maximum absolute atomic E-state index is 13.0. The Labute approximate surface area is 147 Å². The van der Waals surface area contributed by atoms with Crippen LogP contribution in [0.15, 0.2) is 24.0 Å². The second kappa shape index (κ2) is 9.24. The third-order valence-electron chi connectivity index (χ3n) is 4.07. The summed E-state index contributed by atoms with van der Waals surface area (Å²) in [5, 5.41) is 6.12. The van der Waals surface area contributed by atoms with Gasteiger partial charge >= 0.3 is 6.18 Å². The van der Waals surface area contributed by atoms with Gasteiger partial charge in [-0.1, -0.05) is 19.1 Å². The zero-order valence-corrected chi connectivity index (χ0v) is 15.4. The number of carbonyl (C=O) groups excluding carboxylic acids is 1. The number of hydrogen-bond donors (Lipinski definition) is 1. The molecule has 0 aromatic rings. The number of rotatable bonds is 8. The van der Waals surface area contributed by atoms with E-state index in [0.717, 1.165) is 6.42 Å². The zero-order chi connectivity index (χ0) is 19.2. The van der Waals surface area contributed by atoms with E-state index in [4.69, 9.17) is 4.74 Å². The molecule has 8 heteroatoms. The first-order valence-electron chi connectivity index (χ1n) is 8.38. The van der Waals surface area contributed by atoms with Crippen LogP contribution in [0, 0.1) is 5.92 Å². The molecule has 0 aromatic carbocycles. The highest BCUT2D eigenvalue weighted by Gasteiger charge is 2.49. The van der Waals surface area contributed by atoms with Crippen molar-refractivity contribution >= 4 is 5.91 Å². The number of ether oxygens (including phenoxy) is 1. The minimum absolute atomic E-state index is 0.0951. The largest absolute Gasteiger partial charge is 0.484 e. The minimum Gasteiger partial charge on any atom is -0.484 e. The Hall–Kier alpha value is -1.54. The SMILES string of the molecule is C/C=C/C(CNC1C=C(C)OC1C(F)(F)F)C(=O)N(C)N(C)CCC. The zero-order valence-electron chi connectivity index (χ0n) is 15.4. The van der Waals surface area contributed by atoms with E-state index in [2.05, 4.69) is 5.32 Å². The highest BCUT2D eigenvalue weighted by Crippen LogP contribution is 2.32. The summed E-state index contributed by atoms with van der Waals surface area (Å²) >= 11 is 0. The predicted molar refractivity (Wildman–Crippen MR) is 90.5 cm³/mol. The third-order valence-corrected chi connectivity index (χ3v) is 4.07. The number of hydrogen-bond acceptors (Lipinski definition) is 4. The van der Waals surface area contributed by atoms with Gasteiger partial charge in [-0.2, -0.15) is 13.2 Å². The number of amides is 1.